The fraction of sp³-hybridized carbons (Fsp3) is 0.500. The highest BCUT2D eigenvalue weighted by Crippen LogP contribution is 2.22. The second kappa shape index (κ2) is 8.47. The standard InChI is InChI=1S/C18H24N2O4/c1-3-6-13(2)19-16(21)12-24-18(23)14-7-4-8-15(11-14)20-10-5-9-17(20)22/h4,7-8,11,13H,3,5-6,9-10,12H2,1-2H3,(H,19,21)/t13-/m1/s1. The molecule has 2 amide bonds. The number of carbonyl (C=O) groups is 3. The maximum absolute atomic E-state index is 12.1. The summed E-state index contributed by atoms with van der Waals surface area (Å²) in [5, 5.41) is 2.78. The number of hydrogen-bond donors (Lipinski definition) is 1. The molecule has 1 fully saturated rings. The molecule has 6 nitrogen and oxygen atoms in total. The number of benzene rings is 1. The third kappa shape index (κ3) is 4.81. The van der Waals surface area contributed by atoms with Gasteiger partial charge in [-0.2, -0.15) is 0 Å². The van der Waals surface area contributed by atoms with Gasteiger partial charge in [-0.1, -0.05) is 19.4 Å². The summed E-state index contributed by atoms with van der Waals surface area (Å²) in [5.41, 5.74) is 1.02. The number of anilines is 1. The number of ether oxygens (including phenoxy) is 1. The molecular formula is C18H24N2O4. The van der Waals surface area contributed by atoms with Gasteiger partial charge < -0.3 is 15.0 Å². The summed E-state index contributed by atoms with van der Waals surface area (Å²) >= 11 is 0. The molecule has 0 bridgehead atoms. The normalized spacial score (nSPS) is 15.2. The van der Waals surface area contributed by atoms with E-state index >= 15 is 0 Å². The Morgan fingerprint density at radius 3 is 2.83 bits per heavy atom. The minimum absolute atomic E-state index is 0.0600. The highest BCUT2D eigenvalue weighted by Gasteiger charge is 2.22. The van der Waals surface area contributed by atoms with Gasteiger partial charge in [0.1, 0.15) is 0 Å². The molecule has 6 heteroatoms. The highest BCUT2D eigenvalue weighted by atomic mass is 16.5. The molecule has 1 aromatic carbocycles. The average molecular weight is 332 g/mol. The van der Waals surface area contributed by atoms with Crippen LogP contribution in [0.4, 0.5) is 5.69 Å². The fourth-order valence-electron chi connectivity index (χ4n) is 2.76. The van der Waals surface area contributed by atoms with E-state index in [1.54, 1.807) is 29.2 Å². The average Bonchev–Trinajstić information content (AvgIpc) is 2.99. The first kappa shape index (κ1) is 18.0. The predicted octanol–water partition coefficient (Wildman–Crippen LogP) is 2.28. The molecule has 130 valence electrons. The summed E-state index contributed by atoms with van der Waals surface area (Å²) in [6.07, 6.45) is 3.21. The number of rotatable bonds is 7. The first-order chi connectivity index (χ1) is 11.5. The Balaban J connectivity index is 1.90. The van der Waals surface area contributed by atoms with Crippen LogP contribution in [-0.2, 0) is 14.3 Å². The Morgan fingerprint density at radius 2 is 2.17 bits per heavy atom. The smallest absolute Gasteiger partial charge is 0.338 e. The number of carbonyl (C=O) groups excluding carboxylic acids is 3. The van der Waals surface area contributed by atoms with Crippen molar-refractivity contribution in [2.75, 3.05) is 18.1 Å². The molecule has 1 aliphatic rings. The zero-order chi connectivity index (χ0) is 17.5. The third-order valence-electron chi connectivity index (χ3n) is 3.93. The predicted molar refractivity (Wildman–Crippen MR) is 90.8 cm³/mol. The van der Waals surface area contributed by atoms with Crippen molar-refractivity contribution in [3.63, 3.8) is 0 Å². The van der Waals surface area contributed by atoms with Crippen molar-refractivity contribution in [3.8, 4) is 0 Å². The summed E-state index contributed by atoms with van der Waals surface area (Å²) in [7, 11) is 0. The van der Waals surface area contributed by atoms with Crippen molar-refractivity contribution in [2.24, 2.45) is 0 Å². The topological polar surface area (TPSA) is 75.7 Å². The molecule has 1 N–H and O–H groups in total. The van der Waals surface area contributed by atoms with Crippen molar-refractivity contribution in [2.45, 2.75) is 45.6 Å². The van der Waals surface area contributed by atoms with Gasteiger partial charge in [0, 0.05) is 24.7 Å². The molecule has 2 rings (SSSR count). The zero-order valence-corrected chi connectivity index (χ0v) is 14.2. The minimum atomic E-state index is -0.568. The zero-order valence-electron chi connectivity index (χ0n) is 14.2. The molecule has 1 heterocycles. The third-order valence-corrected chi connectivity index (χ3v) is 3.93. The molecule has 0 radical (unpaired) electrons. The second-order valence-electron chi connectivity index (χ2n) is 6.03. The lowest BCUT2D eigenvalue weighted by molar-refractivity contribution is -0.124. The van der Waals surface area contributed by atoms with Crippen LogP contribution in [0.15, 0.2) is 24.3 Å². The van der Waals surface area contributed by atoms with Crippen molar-refractivity contribution in [1.82, 2.24) is 5.32 Å². The van der Waals surface area contributed by atoms with Crippen LogP contribution < -0.4 is 10.2 Å². The summed E-state index contributed by atoms with van der Waals surface area (Å²) in [5.74, 6) is -0.818. The maximum atomic E-state index is 12.1. The Kier molecular flexibility index (Phi) is 6.35. The Labute approximate surface area is 142 Å². The second-order valence-corrected chi connectivity index (χ2v) is 6.03. The maximum Gasteiger partial charge on any atom is 0.338 e. The summed E-state index contributed by atoms with van der Waals surface area (Å²) in [6.45, 7) is 4.31. The van der Waals surface area contributed by atoms with E-state index < -0.39 is 5.97 Å². The molecule has 24 heavy (non-hydrogen) atoms. The lowest BCUT2D eigenvalue weighted by atomic mass is 10.2. The fourth-order valence-corrected chi connectivity index (χ4v) is 2.76. The van der Waals surface area contributed by atoms with E-state index in [2.05, 4.69) is 5.32 Å². The van der Waals surface area contributed by atoms with E-state index in [1.165, 1.54) is 0 Å². The molecule has 0 spiro atoms. The number of esters is 1. The number of nitrogens with zero attached hydrogens (tertiary/aromatic N) is 1. The molecule has 0 unspecified atom stereocenters. The first-order valence-corrected chi connectivity index (χ1v) is 8.38. The minimum Gasteiger partial charge on any atom is -0.452 e. The Bertz CT molecular complexity index is 615. The first-order valence-electron chi connectivity index (χ1n) is 8.38. The number of amides is 2. The van der Waals surface area contributed by atoms with Gasteiger partial charge in [0.15, 0.2) is 6.61 Å². The van der Waals surface area contributed by atoms with Gasteiger partial charge in [-0.25, -0.2) is 4.79 Å². The molecule has 1 aliphatic heterocycles. The number of nitrogens with one attached hydrogen (secondary N) is 1. The van der Waals surface area contributed by atoms with Crippen LogP contribution in [-0.4, -0.2) is 37.0 Å². The molecule has 0 saturated carbocycles. The van der Waals surface area contributed by atoms with Gasteiger partial charge in [-0.3, -0.25) is 9.59 Å². The monoisotopic (exact) mass is 332 g/mol. The quantitative estimate of drug-likeness (QED) is 0.777. The molecular weight excluding hydrogens is 308 g/mol. The van der Waals surface area contributed by atoms with Crippen LogP contribution in [0.2, 0.25) is 0 Å². The van der Waals surface area contributed by atoms with Crippen LogP contribution in [0.25, 0.3) is 0 Å². The summed E-state index contributed by atoms with van der Waals surface area (Å²) in [6, 6.07) is 6.80. The van der Waals surface area contributed by atoms with Gasteiger partial charge in [-0.15, -0.1) is 0 Å². The SMILES string of the molecule is CCC[C@@H](C)NC(=O)COC(=O)c1cccc(N2CCCC2=O)c1. The summed E-state index contributed by atoms with van der Waals surface area (Å²) < 4.78 is 5.06. The molecule has 1 saturated heterocycles. The van der Waals surface area contributed by atoms with E-state index in [9.17, 15) is 14.4 Å². The molecule has 1 atom stereocenters. The van der Waals surface area contributed by atoms with Crippen LogP contribution in [0, 0.1) is 0 Å². The Morgan fingerprint density at radius 1 is 1.38 bits per heavy atom. The van der Waals surface area contributed by atoms with Crippen LogP contribution >= 0.6 is 0 Å². The van der Waals surface area contributed by atoms with E-state index in [-0.39, 0.29) is 24.5 Å². The molecule has 0 aromatic heterocycles. The summed E-state index contributed by atoms with van der Waals surface area (Å²) in [4.78, 5) is 37.3. The van der Waals surface area contributed by atoms with Crippen molar-refractivity contribution in [3.05, 3.63) is 29.8 Å². The van der Waals surface area contributed by atoms with Crippen LogP contribution in [0.1, 0.15) is 49.9 Å². The number of hydrogen-bond acceptors (Lipinski definition) is 4. The van der Waals surface area contributed by atoms with Gasteiger partial charge in [0.2, 0.25) is 5.91 Å². The van der Waals surface area contributed by atoms with Gasteiger partial charge in [-0.05, 0) is 38.0 Å². The van der Waals surface area contributed by atoms with Gasteiger partial charge in [0.25, 0.3) is 5.91 Å². The van der Waals surface area contributed by atoms with Gasteiger partial charge in [0.05, 0.1) is 5.56 Å². The van der Waals surface area contributed by atoms with Crippen molar-refractivity contribution in [1.29, 1.82) is 0 Å². The van der Waals surface area contributed by atoms with Crippen molar-refractivity contribution < 1.29 is 19.1 Å². The molecule has 1 aromatic rings. The van der Waals surface area contributed by atoms with E-state index in [0.717, 1.165) is 19.3 Å². The largest absolute Gasteiger partial charge is 0.452 e. The van der Waals surface area contributed by atoms with Gasteiger partial charge >= 0.3 is 5.97 Å². The van der Waals surface area contributed by atoms with E-state index in [0.29, 0.717) is 24.2 Å². The Hall–Kier alpha value is -2.37. The van der Waals surface area contributed by atoms with Crippen molar-refractivity contribution >= 4 is 23.5 Å². The lowest BCUT2D eigenvalue weighted by Crippen LogP contribution is -2.35. The molecule has 0 aliphatic carbocycles. The van der Waals surface area contributed by atoms with Crippen LogP contribution in [0.5, 0.6) is 0 Å². The van der Waals surface area contributed by atoms with Crippen LogP contribution in [0.3, 0.4) is 0 Å². The lowest BCUT2D eigenvalue weighted by Gasteiger charge is -2.16. The highest BCUT2D eigenvalue weighted by molar-refractivity contribution is 5.97. The van der Waals surface area contributed by atoms with E-state index in [4.69, 9.17) is 4.74 Å². The van der Waals surface area contributed by atoms with E-state index in [1.807, 2.05) is 13.8 Å².